The number of carbonyl (C=O) groups is 1. The lowest BCUT2D eigenvalue weighted by molar-refractivity contribution is -0.143. The average molecular weight is 339 g/mol. The highest BCUT2D eigenvalue weighted by Gasteiger charge is 2.47. The fourth-order valence-corrected chi connectivity index (χ4v) is 4.27. The van der Waals surface area contributed by atoms with E-state index < -0.39 is 11.4 Å². The standard InChI is InChI=1S/C18H23ClO4/c1-11(2)14-15(18(17(20)21)6-3-4-7-18)12(19)10-13-16(14)23-9-5-8-22-13/h10-11H,3-9H2,1-2H3,(H,20,21). The molecule has 0 atom stereocenters. The van der Waals surface area contributed by atoms with Crippen LogP contribution in [0.2, 0.25) is 5.02 Å². The van der Waals surface area contributed by atoms with Crippen molar-refractivity contribution in [1.29, 1.82) is 0 Å². The van der Waals surface area contributed by atoms with E-state index in [-0.39, 0.29) is 5.92 Å². The Morgan fingerprint density at radius 2 is 1.87 bits per heavy atom. The van der Waals surface area contributed by atoms with Gasteiger partial charge in [-0.25, -0.2) is 0 Å². The van der Waals surface area contributed by atoms with E-state index in [1.165, 1.54) is 0 Å². The van der Waals surface area contributed by atoms with E-state index in [2.05, 4.69) is 0 Å². The van der Waals surface area contributed by atoms with E-state index in [1.807, 2.05) is 13.8 Å². The molecule has 2 aliphatic rings. The van der Waals surface area contributed by atoms with Crippen LogP contribution in [0, 0.1) is 0 Å². The quantitative estimate of drug-likeness (QED) is 0.880. The minimum absolute atomic E-state index is 0.107. The van der Waals surface area contributed by atoms with Gasteiger partial charge in [0.2, 0.25) is 0 Å². The fourth-order valence-electron chi connectivity index (χ4n) is 3.89. The Kier molecular flexibility index (Phi) is 4.45. The van der Waals surface area contributed by atoms with Crippen molar-refractivity contribution >= 4 is 17.6 Å². The van der Waals surface area contributed by atoms with Gasteiger partial charge in [0.25, 0.3) is 0 Å². The predicted molar refractivity (Wildman–Crippen MR) is 88.9 cm³/mol. The van der Waals surface area contributed by atoms with Crippen LogP contribution in [0.1, 0.15) is 63.0 Å². The number of carboxylic acids is 1. The van der Waals surface area contributed by atoms with Gasteiger partial charge in [0, 0.05) is 23.1 Å². The molecule has 3 rings (SSSR count). The van der Waals surface area contributed by atoms with Crippen LogP contribution in [0.15, 0.2) is 6.07 Å². The Morgan fingerprint density at radius 1 is 1.22 bits per heavy atom. The summed E-state index contributed by atoms with van der Waals surface area (Å²) in [7, 11) is 0. The molecule has 0 bridgehead atoms. The fraction of sp³-hybridized carbons (Fsp3) is 0.611. The third-order valence-electron chi connectivity index (χ3n) is 4.95. The van der Waals surface area contributed by atoms with Gasteiger partial charge in [-0.1, -0.05) is 38.3 Å². The minimum Gasteiger partial charge on any atom is -0.489 e. The summed E-state index contributed by atoms with van der Waals surface area (Å²) >= 11 is 6.58. The van der Waals surface area contributed by atoms with Crippen LogP contribution >= 0.6 is 11.6 Å². The lowest BCUT2D eigenvalue weighted by Crippen LogP contribution is -2.34. The zero-order valence-electron chi connectivity index (χ0n) is 13.7. The van der Waals surface area contributed by atoms with E-state index in [1.54, 1.807) is 6.07 Å². The Balaban J connectivity index is 2.27. The highest BCUT2D eigenvalue weighted by molar-refractivity contribution is 6.32. The van der Waals surface area contributed by atoms with E-state index in [0.29, 0.717) is 42.6 Å². The Labute approximate surface area is 141 Å². The zero-order valence-corrected chi connectivity index (χ0v) is 14.4. The molecule has 1 saturated carbocycles. The molecule has 1 aromatic rings. The average Bonchev–Trinajstić information content (AvgIpc) is 2.87. The Morgan fingerprint density at radius 3 is 2.48 bits per heavy atom. The lowest BCUT2D eigenvalue weighted by Gasteiger charge is -2.31. The second-order valence-corrected chi connectivity index (χ2v) is 7.18. The summed E-state index contributed by atoms with van der Waals surface area (Å²) in [6.07, 6.45) is 3.88. The monoisotopic (exact) mass is 338 g/mol. The van der Waals surface area contributed by atoms with Gasteiger partial charge in [0.05, 0.1) is 18.6 Å². The maximum absolute atomic E-state index is 12.2. The molecule has 126 valence electrons. The molecule has 1 aliphatic heterocycles. The highest BCUT2D eigenvalue weighted by atomic mass is 35.5. The number of aliphatic carboxylic acids is 1. The highest BCUT2D eigenvalue weighted by Crippen LogP contribution is 2.52. The topological polar surface area (TPSA) is 55.8 Å². The molecule has 0 unspecified atom stereocenters. The number of rotatable bonds is 3. The number of hydrogen-bond acceptors (Lipinski definition) is 3. The molecule has 1 heterocycles. The number of halogens is 1. The van der Waals surface area contributed by atoms with Crippen LogP contribution in [0.25, 0.3) is 0 Å². The number of fused-ring (bicyclic) bond motifs is 1. The summed E-state index contributed by atoms with van der Waals surface area (Å²) in [5.41, 5.74) is 0.739. The summed E-state index contributed by atoms with van der Waals surface area (Å²) in [4.78, 5) is 12.2. The van der Waals surface area contributed by atoms with Crippen LogP contribution in [0.4, 0.5) is 0 Å². The largest absolute Gasteiger partial charge is 0.489 e. The van der Waals surface area contributed by atoms with Gasteiger partial charge >= 0.3 is 5.97 Å². The first-order valence-electron chi connectivity index (χ1n) is 8.33. The van der Waals surface area contributed by atoms with Crippen molar-refractivity contribution in [2.24, 2.45) is 0 Å². The maximum atomic E-state index is 12.2. The maximum Gasteiger partial charge on any atom is 0.314 e. The van der Waals surface area contributed by atoms with Gasteiger partial charge in [-0.15, -0.1) is 0 Å². The van der Waals surface area contributed by atoms with Gasteiger partial charge < -0.3 is 14.6 Å². The Hall–Kier alpha value is -1.42. The van der Waals surface area contributed by atoms with Crippen LogP contribution in [0.3, 0.4) is 0 Å². The minimum atomic E-state index is -0.901. The summed E-state index contributed by atoms with van der Waals surface area (Å²) in [6.45, 7) is 5.26. The number of benzene rings is 1. The predicted octanol–water partition coefficient (Wildman–Crippen LogP) is 4.52. The molecular weight excluding hydrogens is 316 g/mol. The smallest absolute Gasteiger partial charge is 0.314 e. The molecule has 0 saturated heterocycles. The SMILES string of the molecule is CC(C)c1c2c(cc(Cl)c1C1(C(=O)O)CCCC1)OCCCO2. The van der Waals surface area contributed by atoms with E-state index >= 15 is 0 Å². The van der Waals surface area contributed by atoms with E-state index in [9.17, 15) is 9.90 Å². The van der Waals surface area contributed by atoms with Crippen molar-refractivity contribution in [2.45, 2.75) is 57.3 Å². The lowest BCUT2D eigenvalue weighted by atomic mass is 9.74. The molecule has 0 amide bonds. The van der Waals surface area contributed by atoms with Gasteiger partial charge in [-0.2, -0.15) is 0 Å². The molecule has 0 aromatic heterocycles. The molecule has 1 fully saturated rings. The third-order valence-corrected chi connectivity index (χ3v) is 5.25. The molecular formula is C18H23ClO4. The van der Waals surface area contributed by atoms with Crippen molar-refractivity contribution in [2.75, 3.05) is 13.2 Å². The van der Waals surface area contributed by atoms with E-state index in [0.717, 1.165) is 30.4 Å². The van der Waals surface area contributed by atoms with Gasteiger partial charge in [0.15, 0.2) is 11.5 Å². The van der Waals surface area contributed by atoms with E-state index in [4.69, 9.17) is 21.1 Å². The number of ether oxygens (including phenoxy) is 2. The first kappa shape index (κ1) is 16.4. The second kappa shape index (κ2) is 6.23. The summed E-state index contributed by atoms with van der Waals surface area (Å²) in [5, 5.41) is 10.5. The summed E-state index contributed by atoms with van der Waals surface area (Å²) in [6, 6.07) is 1.74. The first-order chi connectivity index (χ1) is 11.0. The van der Waals surface area contributed by atoms with Crippen molar-refractivity contribution in [3.8, 4) is 11.5 Å². The third kappa shape index (κ3) is 2.67. The molecule has 4 nitrogen and oxygen atoms in total. The Bertz CT molecular complexity index is 618. The van der Waals surface area contributed by atoms with Crippen LogP contribution < -0.4 is 9.47 Å². The molecule has 1 N–H and O–H groups in total. The van der Waals surface area contributed by atoms with Gasteiger partial charge in [0.1, 0.15) is 0 Å². The van der Waals surface area contributed by atoms with Gasteiger partial charge in [-0.3, -0.25) is 4.79 Å². The molecule has 1 aromatic carbocycles. The van der Waals surface area contributed by atoms with Crippen molar-refractivity contribution in [3.05, 3.63) is 22.2 Å². The second-order valence-electron chi connectivity index (χ2n) is 6.77. The molecule has 23 heavy (non-hydrogen) atoms. The molecule has 5 heteroatoms. The van der Waals surface area contributed by atoms with Gasteiger partial charge in [-0.05, 0) is 24.3 Å². The summed E-state index contributed by atoms with van der Waals surface area (Å²) < 4.78 is 11.7. The molecule has 0 radical (unpaired) electrons. The molecule has 0 spiro atoms. The zero-order chi connectivity index (χ0) is 16.6. The summed E-state index contributed by atoms with van der Waals surface area (Å²) in [5.74, 6) is 0.646. The van der Waals surface area contributed by atoms with Crippen LogP contribution in [-0.4, -0.2) is 24.3 Å². The normalized spacial score (nSPS) is 19.7. The number of carboxylic acid groups (broad SMARTS) is 1. The van der Waals surface area contributed by atoms with Crippen LogP contribution in [0.5, 0.6) is 11.5 Å². The van der Waals surface area contributed by atoms with Crippen molar-refractivity contribution in [1.82, 2.24) is 0 Å². The molecule has 1 aliphatic carbocycles. The van der Waals surface area contributed by atoms with Crippen molar-refractivity contribution < 1.29 is 19.4 Å². The van der Waals surface area contributed by atoms with Crippen molar-refractivity contribution in [3.63, 3.8) is 0 Å². The number of hydrogen-bond donors (Lipinski definition) is 1. The van der Waals surface area contributed by atoms with Crippen LogP contribution in [-0.2, 0) is 10.2 Å². The first-order valence-corrected chi connectivity index (χ1v) is 8.71.